The van der Waals surface area contributed by atoms with Crippen LogP contribution in [0.1, 0.15) is 9.67 Å². The molecule has 0 atom stereocenters. The fourth-order valence-electron chi connectivity index (χ4n) is 2.05. The van der Waals surface area contributed by atoms with E-state index in [2.05, 4.69) is 15.5 Å². The maximum Gasteiger partial charge on any atom is 0.267 e. The summed E-state index contributed by atoms with van der Waals surface area (Å²) in [5.74, 6) is -0.0157. The highest BCUT2D eigenvalue weighted by molar-refractivity contribution is 7.99. The van der Waals surface area contributed by atoms with Gasteiger partial charge < -0.3 is 4.57 Å². The Kier molecular flexibility index (Phi) is 5.52. The van der Waals surface area contributed by atoms with Gasteiger partial charge in [-0.2, -0.15) is 0 Å². The molecule has 0 aliphatic carbocycles. The summed E-state index contributed by atoms with van der Waals surface area (Å²) >= 11 is 8.39. The number of thioether (sulfide) groups is 1. The van der Waals surface area contributed by atoms with Gasteiger partial charge in [0, 0.05) is 17.6 Å². The second-order valence-electron chi connectivity index (χ2n) is 5.02. The smallest absolute Gasteiger partial charge is 0.267 e. The van der Waals surface area contributed by atoms with Crippen molar-refractivity contribution in [2.75, 3.05) is 5.75 Å². The largest absolute Gasteiger partial charge is 0.305 e. The molecule has 0 fully saturated rings. The van der Waals surface area contributed by atoms with E-state index < -0.39 is 0 Å². The van der Waals surface area contributed by atoms with E-state index in [4.69, 9.17) is 11.6 Å². The summed E-state index contributed by atoms with van der Waals surface area (Å²) in [5, 5.41) is 13.6. The van der Waals surface area contributed by atoms with Gasteiger partial charge in [0.05, 0.1) is 10.6 Å². The molecule has 0 radical (unpaired) electrons. The van der Waals surface area contributed by atoms with Crippen LogP contribution in [0, 0.1) is 0 Å². The third-order valence-electron chi connectivity index (χ3n) is 3.27. The van der Waals surface area contributed by atoms with Crippen molar-refractivity contribution in [2.24, 2.45) is 7.05 Å². The number of amides is 2. The van der Waals surface area contributed by atoms with E-state index >= 15 is 0 Å². The quantitative estimate of drug-likeness (QED) is 0.674. The molecule has 0 bridgehead atoms. The number of benzene rings is 1. The SMILES string of the molecule is Cn1c(SCC(=O)NC(=O)c2cccs2)nnc1-c1ccc(Cl)cc1. The second-order valence-corrected chi connectivity index (χ2v) is 7.34. The number of aromatic nitrogens is 3. The number of rotatable bonds is 5. The van der Waals surface area contributed by atoms with Crippen LogP contribution in [-0.4, -0.2) is 32.3 Å². The maximum atomic E-state index is 11.9. The molecule has 0 aliphatic rings. The van der Waals surface area contributed by atoms with E-state index in [9.17, 15) is 9.59 Å². The molecule has 9 heteroatoms. The Morgan fingerprint density at radius 1 is 1.24 bits per heavy atom. The van der Waals surface area contributed by atoms with E-state index in [1.54, 1.807) is 34.2 Å². The summed E-state index contributed by atoms with van der Waals surface area (Å²) in [7, 11) is 1.82. The summed E-state index contributed by atoms with van der Waals surface area (Å²) in [6.45, 7) is 0. The number of carbonyl (C=O) groups excluding carboxylic acids is 2. The number of imide groups is 1. The van der Waals surface area contributed by atoms with Gasteiger partial charge in [0.15, 0.2) is 11.0 Å². The van der Waals surface area contributed by atoms with Crippen LogP contribution in [0.3, 0.4) is 0 Å². The van der Waals surface area contributed by atoms with Gasteiger partial charge in [0.25, 0.3) is 5.91 Å². The average Bonchev–Trinajstić information content (AvgIpc) is 3.24. The number of carbonyl (C=O) groups is 2. The molecule has 0 unspecified atom stereocenters. The van der Waals surface area contributed by atoms with Crippen LogP contribution in [0.2, 0.25) is 5.02 Å². The van der Waals surface area contributed by atoms with Gasteiger partial charge >= 0.3 is 0 Å². The Morgan fingerprint density at radius 3 is 2.68 bits per heavy atom. The zero-order valence-electron chi connectivity index (χ0n) is 13.1. The molecule has 1 aromatic carbocycles. The van der Waals surface area contributed by atoms with Gasteiger partial charge in [-0.05, 0) is 35.7 Å². The fourth-order valence-corrected chi connectivity index (χ4v) is 3.51. The number of hydrogen-bond donors (Lipinski definition) is 1. The highest BCUT2D eigenvalue weighted by Gasteiger charge is 2.15. The van der Waals surface area contributed by atoms with Crippen molar-refractivity contribution in [1.29, 1.82) is 0 Å². The Bertz CT molecular complexity index is 892. The Morgan fingerprint density at radius 2 is 2.00 bits per heavy atom. The molecule has 0 aliphatic heterocycles. The summed E-state index contributed by atoms with van der Waals surface area (Å²) in [4.78, 5) is 24.3. The van der Waals surface area contributed by atoms with E-state index in [1.807, 2.05) is 19.2 Å². The standard InChI is InChI=1S/C16H13ClN4O2S2/c1-21-14(10-4-6-11(17)7-5-10)19-20-16(21)25-9-13(22)18-15(23)12-3-2-8-24-12/h2-8H,9H2,1H3,(H,18,22,23). The summed E-state index contributed by atoms with van der Waals surface area (Å²) < 4.78 is 1.79. The van der Waals surface area contributed by atoms with Crippen LogP contribution in [0.4, 0.5) is 0 Å². The molecule has 0 spiro atoms. The van der Waals surface area contributed by atoms with Crippen molar-refractivity contribution in [2.45, 2.75) is 5.16 Å². The van der Waals surface area contributed by atoms with Gasteiger partial charge in [-0.25, -0.2) is 0 Å². The first-order valence-electron chi connectivity index (χ1n) is 7.20. The lowest BCUT2D eigenvalue weighted by Gasteiger charge is -2.04. The lowest BCUT2D eigenvalue weighted by Crippen LogP contribution is -2.31. The Hall–Kier alpha value is -2.16. The highest BCUT2D eigenvalue weighted by atomic mass is 35.5. The summed E-state index contributed by atoms with van der Waals surface area (Å²) in [6.07, 6.45) is 0. The van der Waals surface area contributed by atoms with Gasteiger partial charge in [0.1, 0.15) is 0 Å². The third kappa shape index (κ3) is 4.28. The molecule has 25 heavy (non-hydrogen) atoms. The number of hydrogen-bond acceptors (Lipinski definition) is 6. The topological polar surface area (TPSA) is 76.9 Å². The minimum atomic E-state index is -0.389. The summed E-state index contributed by atoms with van der Waals surface area (Å²) in [5.41, 5.74) is 0.878. The first kappa shape index (κ1) is 17.7. The van der Waals surface area contributed by atoms with E-state index in [1.165, 1.54) is 23.1 Å². The maximum absolute atomic E-state index is 11.9. The van der Waals surface area contributed by atoms with Crippen LogP contribution in [0.25, 0.3) is 11.4 Å². The number of thiophene rings is 1. The molecular weight excluding hydrogens is 380 g/mol. The number of nitrogens with zero attached hydrogens (tertiary/aromatic N) is 3. The lowest BCUT2D eigenvalue weighted by atomic mass is 10.2. The molecule has 128 valence electrons. The van der Waals surface area contributed by atoms with Crippen molar-refractivity contribution in [3.8, 4) is 11.4 Å². The Labute approximate surface area is 157 Å². The van der Waals surface area contributed by atoms with E-state index in [-0.39, 0.29) is 17.6 Å². The van der Waals surface area contributed by atoms with Crippen LogP contribution >= 0.6 is 34.7 Å². The van der Waals surface area contributed by atoms with Crippen LogP contribution in [-0.2, 0) is 11.8 Å². The normalized spacial score (nSPS) is 10.6. The van der Waals surface area contributed by atoms with Crippen molar-refractivity contribution in [3.63, 3.8) is 0 Å². The lowest BCUT2D eigenvalue weighted by molar-refractivity contribution is -0.117. The van der Waals surface area contributed by atoms with Crippen LogP contribution in [0.5, 0.6) is 0 Å². The predicted molar refractivity (Wildman–Crippen MR) is 99.0 cm³/mol. The van der Waals surface area contributed by atoms with E-state index in [0.29, 0.717) is 20.9 Å². The van der Waals surface area contributed by atoms with Crippen LogP contribution < -0.4 is 5.32 Å². The van der Waals surface area contributed by atoms with Gasteiger partial charge in [0.2, 0.25) is 5.91 Å². The molecule has 2 heterocycles. The monoisotopic (exact) mass is 392 g/mol. The highest BCUT2D eigenvalue weighted by Crippen LogP contribution is 2.23. The third-order valence-corrected chi connectivity index (χ3v) is 5.41. The molecule has 6 nitrogen and oxygen atoms in total. The van der Waals surface area contributed by atoms with Gasteiger partial charge in [-0.15, -0.1) is 21.5 Å². The molecule has 0 saturated carbocycles. The summed E-state index contributed by atoms with van der Waals surface area (Å²) in [6, 6.07) is 10.7. The number of halogens is 1. The first-order chi connectivity index (χ1) is 12.0. The minimum Gasteiger partial charge on any atom is -0.305 e. The second kappa shape index (κ2) is 7.81. The Balaban J connectivity index is 1.61. The zero-order chi connectivity index (χ0) is 17.8. The number of nitrogens with one attached hydrogen (secondary N) is 1. The van der Waals surface area contributed by atoms with Crippen molar-refractivity contribution < 1.29 is 9.59 Å². The average molecular weight is 393 g/mol. The molecule has 2 amide bonds. The van der Waals surface area contributed by atoms with E-state index in [0.717, 1.165) is 5.56 Å². The molecule has 1 N–H and O–H groups in total. The van der Waals surface area contributed by atoms with Crippen molar-refractivity contribution in [3.05, 3.63) is 51.7 Å². The van der Waals surface area contributed by atoms with Gasteiger partial charge in [-0.3, -0.25) is 14.9 Å². The zero-order valence-corrected chi connectivity index (χ0v) is 15.5. The fraction of sp³-hybridized carbons (Fsp3) is 0.125. The molecular formula is C16H13ClN4O2S2. The predicted octanol–water partition coefficient (Wildman–Crippen LogP) is 3.25. The van der Waals surface area contributed by atoms with Crippen molar-refractivity contribution in [1.82, 2.24) is 20.1 Å². The van der Waals surface area contributed by atoms with Gasteiger partial charge in [-0.1, -0.05) is 29.4 Å². The van der Waals surface area contributed by atoms with Crippen LogP contribution in [0.15, 0.2) is 46.9 Å². The molecule has 3 aromatic rings. The minimum absolute atomic E-state index is 0.0731. The van der Waals surface area contributed by atoms with Crippen molar-refractivity contribution >= 4 is 46.5 Å². The molecule has 3 rings (SSSR count). The first-order valence-corrected chi connectivity index (χ1v) is 9.44. The molecule has 2 aromatic heterocycles. The molecule has 0 saturated heterocycles.